The summed E-state index contributed by atoms with van der Waals surface area (Å²) < 4.78 is 1.01. The van der Waals surface area contributed by atoms with E-state index in [4.69, 9.17) is 4.98 Å². The molecule has 0 fully saturated rings. The summed E-state index contributed by atoms with van der Waals surface area (Å²) in [6.07, 6.45) is 1.50. The molecule has 0 saturated heterocycles. The van der Waals surface area contributed by atoms with Crippen LogP contribution in [0.4, 0.5) is 17.2 Å². The minimum Gasteiger partial charge on any atom is -0.396 e. The molecule has 26 heavy (non-hydrogen) atoms. The maximum Gasteiger partial charge on any atom is 0.178 e. The van der Waals surface area contributed by atoms with E-state index >= 15 is 0 Å². The van der Waals surface area contributed by atoms with E-state index in [0.717, 1.165) is 40.3 Å². The van der Waals surface area contributed by atoms with Crippen LogP contribution in [-0.4, -0.2) is 28.2 Å². The molecule has 2 heterocycles. The van der Waals surface area contributed by atoms with Crippen LogP contribution in [0.15, 0.2) is 22.7 Å². The molecule has 2 aromatic rings. The molecule has 0 atom stereocenters. The highest BCUT2D eigenvalue weighted by atomic mass is 79.9. The highest BCUT2D eigenvalue weighted by Crippen LogP contribution is 2.41. The molecular weight excluding hydrogens is 394 g/mol. The Morgan fingerprint density at radius 1 is 1.27 bits per heavy atom. The number of hydrogen-bond acceptors (Lipinski definition) is 6. The van der Waals surface area contributed by atoms with Crippen molar-refractivity contribution in [2.45, 2.75) is 46.5 Å². The van der Waals surface area contributed by atoms with E-state index in [9.17, 15) is 5.11 Å². The van der Waals surface area contributed by atoms with E-state index in [0.29, 0.717) is 18.2 Å². The van der Waals surface area contributed by atoms with Crippen LogP contribution in [0.2, 0.25) is 0 Å². The molecule has 6 nitrogen and oxygen atoms in total. The Balaban J connectivity index is 2.09. The van der Waals surface area contributed by atoms with E-state index in [-0.39, 0.29) is 6.61 Å². The first kappa shape index (κ1) is 19.1. The van der Waals surface area contributed by atoms with Crippen molar-refractivity contribution < 1.29 is 5.11 Å². The van der Waals surface area contributed by atoms with Crippen LogP contribution in [-0.2, 0) is 6.42 Å². The number of fused-ring (bicyclic) bond motifs is 1. The number of aliphatic hydroxyl groups is 1. The third kappa shape index (κ3) is 3.56. The monoisotopic (exact) mass is 419 g/mol. The average Bonchev–Trinajstić information content (AvgIpc) is 2.93. The zero-order valence-electron chi connectivity index (χ0n) is 15.8. The molecule has 0 radical (unpaired) electrons. The minimum absolute atomic E-state index is 0.0651. The fourth-order valence-electron chi connectivity index (χ4n) is 3.16. The van der Waals surface area contributed by atoms with Crippen molar-refractivity contribution in [3.63, 3.8) is 0 Å². The van der Waals surface area contributed by atoms with Crippen molar-refractivity contribution in [1.29, 1.82) is 0 Å². The molecule has 0 saturated carbocycles. The van der Waals surface area contributed by atoms with Gasteiger partial charge in [-0.15, -0.1) is 5.53 Å². The molecule has 0 spiro atoms. The Kier molecular flexibility index (Phi) is 5.79. The second kappa shape index (κ2) is 7.90. The van der Waals surface area contributed by atoms with E-state index in [1.54, 1.807) is 0 Å². The van der Waals surface area contributed by atoms with E-state index in [1.807, 2.05) is 11.9 Å². The van der Waals surface area contributed by atoms with E-state index < -0.39 is 0 Å². The Hall–Kier alpha value is -1.70. The summed E-state index contributed by atoms with van der Waals surface area (Å²) in [5, 5.41) is 13.5. The number of halogens is 1. The molecule has 1 aromatic carbocycles. The fourth-order valence-corrected chi connectivity index (χ4v) is 3.73. The molecular formula is C19H26BrN5O. The van der Waals surface area contributed by atoms with Crippen LogP contribution in [0.1, 0.15) is 50.2 Å². The number of aliphatic hydroxyl groups excluding tert-OH is 1. The second-order valence-electron chi connectivity index (χ2n) is 6.82. The van der Waals surface area contributed by atoms with E-state index in [2.05, 4.69) is 70.4 Å². The van der Waals surface area contributed by atoms with Gasteiger partial charge in [-0.2, -0.15) is 0 Å². The maximum absolute atomic E-state index is 9.45. The van der Waals surface area contributed by atoms with Gasteiger partial charge in [-0.25, -0.2) is 15.0 Å². The molecule has 0 amide bonds. The first-order valence-electron chi connectivity index (χ1n) is 9.08. The summed E-state index contributed by atoms with van der Waals surface area (Å²) in [6, 6.07) is 6.42. The van der Waals surface area contributed by atoms with Crippen LogP contribution in [0.5, 0.6) is 0 Å². The Labute approximate surface area is 163 Å². The van der Waals surface area contributed by atoms with Crippen LogP contribution in [0, 0.1) is 6.92 Å². The number of hydrazine groups is 2. The maximum atomic E-state index is 9.45. The van der Waals surface area contributed by atoms with Crippen LogP contribution in [0.25, 0.3) is 0 Å². The SMILES string of the molecule is CCCN1NN(c2ccc(C(C)C)cc2Br)c2nc(C)nc(CCO)c21. The van der Waals surface area contributed by atoms with Gasteiger partial charge < -0.3 is 5.11 Å². The molecule has 7 heteroatoms. The smallest absolute Gasteiger partial charge is 0.178 e. The van der Waals surface area contributed by atoms with Gasteiger partial charge in [0.2, 0.25) is 0 Å². The molecule has 0 aliphatic carbocycles. The van der Waals surface area contributed by atoms with Crippen LogP contribution in [0.3, 0.4) is 0 Å². The van der Waals surface area contributed by atoms with Gasteiger partial charge in [-0.05, 0) is 52.9 Å². The van der Waals surface area contributed by atoms with E-state index in [1.165, 1.54) is 5.56 Å². The number of nitrogens with zero attached hydrogens (tertiary/aromatic N) is 4. The van der Waals surface area contributed by atoms with Crippen molar-refractivity contribution >= 4 is 33.1 Å². The average molecular weight is 420 g/mol. The normalized spacial score (nSPS) is 13.7. The van der Waals surface area contributed by atoms with Crippen LogP contribution < -0.4 is 15.6 Å². The van der Waals surface area contributed by atoms with Gasteiger partial charge in [-0.3, -0.25) is 5.01 Å². The van der Waals surface area contributed by atoms with Crippen molar-refractivity contribution in [3.8, 4) is 0 Å². The third-order valence-electron chi connectivity index (χ3n) is 4.43. The Morgan fingerprint density at radius 2 is 2.04 bits per heavy atom. The van der Waals surface area contributed by atoms with Crippen molar-refractivity contribution in [1.82, 2.24) is 15.5 Å². The highest BCUT2D eigenvalue weighted by molar-refractivity contribution is 9.10. The summed E-state index contributed by atoms with van der Waals surface area (Å²) in [6.45, 7) is 9.29. The van der Waals surface area contributed by atoms with Crippen LogP contribution >= 0.6 is 15.9 Å². The van der Waals surface area contributed by atoms with Gasteiger partial charge in [0.05, 0.1) is 11.4 Å². The summed E-state index contributed by atoms with van der Waals surface area (Å²) in [7, 11) is 0. The van der Waals surface area contributed by atoms with Gasteiger partial charge in [0.1, 0.15) is 11.5 Å². The zero-order chi connectivity index (χ0) is 18.8. The Morgan fingerprint density at radius 3 is 2.65 bits per heavy atom. The fraction of sp³-hybridized carbons (Fsp3) is 0.474. The number of hydrogen-bond donors (Lipinski definition) is 2. The number of aromatic nitrogens is 2. The minimum atomic E-state index is 0.0651. The molecule has 3 rings (SSSR count). The first-order valence-corrected chi connectivity index (χ1v) is 9.87. The molecule has 2 N–H and O–H groups in total. The summed E-state index contributed by atoms with van der Waals surface area (Å²) in [5.74, 6) is 2.00. The summed E-state index contributed by atoms with van der Waals surface area (Å²) >= 11 is 3.72. The molecule has 1 aromatic heterocycles. The largest absolute Gasteiger partial charge is 0.396 e. The van der Waals surface area contributed by atoms with Gasteiger partial charge in [-0.1, -0.05) is 26.8 Å². The first-order chi connectivity index (χ1) is 12.5. The van der Waals surface area contributed by atoms with Crippen molar-refractivity contribution in [2.24, 2.45) is 0 Å². The van der Waals surface area contributed by atoms with Gasteiger partial charge in [0.15, 0.2) is 5.82 Å². The molecule has 1 aliphatic heterocycles. The number of nitrogens with one attached hydrogen (secondary N) is 1. The lowest BCUT2D eigenvalue weighted by Crippen LogP contribution is -2.42. The number of anilines is 3. The molecule has 0 unspecified atom stereocenters. The van der Waals surface area contributed by atoms with Gasteiger partial charge in [0, 0.05) is 24.0 Å². The lowest BCUT2D eigenvalue weighted by molar-refractivity contribution is 0.298. The van der Waals surface area contributed by atoms with Crippen molar-refractivity contribution in [2.75, 3.05) is 23.2 Å². The highest BCUT2D eigenvalue weighted by Gasteiger charge is 2.32. The number of benzene rings is 1. The van der Waals surface area contributed by atoms with Crippen molar-refractivity contribution in [3.05, 3.63) is 39.8 Å². The third-order valence-corrected chi connectivity index (χ3v) is 5.06. The van der Waals surface area contributed by atoms with Gasteiger partial charge in [0.25, 0.3) is 0 Å². The number of rotatable bonds is 6. The molecule has 0 bridgehead atoms. The molecule has 1 aliphatic rings. The standard InChI is InChI=1S/C19H26BrN5O/c1-5-9-24-18-16(8-10-26)21-13(4)22-19(18)25(23-24)17-7-6-14(12(2)3)11-15(17)20/h6-7,11-12,23,26H,5,8-10H2,1-4H3. The predicted molar refractivity (Wildman–Crippen MR) is 109 cm³/mol. The van der Waals surface area contributed by atoms with Gasteiger partial charge >= 0.3 is 0 Å². The number of aryl methyl sites for hydroxylation is 1. The lowest BCUT2D eigenvalue weighted by atomic mass is 10.0. The quantitative estimate of drug-likeness (QED) is 0.737. The molecule has 140 valence electrons. The Bertz CT molecular complexity index is 796. The predicted octanol–water partition coefficient (Wildman–Crippen LogP) is 3.99. The zero-order valence-corrected chi connectivity index (χ0v) is 17.3. The second-order valence-corrected chi connectivity index (χ2v) is 7.67. The summed E-state index contributed by atoms with van der Waals surface area (Å²) in [4.78, 5) is 9.26. The lowest BCUT2D eigenvalue weighted by Gasteiger charge is -2.23. The summed E-state index contributed by atoms with van der Waals surface area (Å²) in [5.41, 5.74) is 7.55. The topological polar surface area (TPSA) is 64.5 Å².